The zero-order chi connectivity index (χ0) is 27.4. The molecule has 0 spiro atoms. The highest BCUT2D eigenvalue weighted by molar-refractivity contribution is 6.33. The predicted octanol–water partition coefficient (Wildman–Crippen LogP) is 4.66. The molecule has 1 aromatic carbocycles. The summed E-state index contributed by atoms with van der Waals surface area (Å²) in [6, 6.07) is 4.46. The number of carbonyl (C=O) groups excluding carboxylic acids is 1. The van der Waals surface area contributed by atoms with E-state index in [4.69, 9.17) is 32.3 Å². The molecule has 1 aliphatic carbocycles. The number of nitrogens with zero attached hydrogens (tertiary/aromatic N) is 5. The number of nitrogens with two attached hydrogens (primary N) is 1. The van der Waals surface area contributed by atoms with E-state index in [2.05, 4.69) is 27.3 Å². The number of benzene rings is 1. The van der Waals surface area contributed by atoms with Crippen molar-refractivity contribution >= 4 is 47.6 Å². The molecule has 4 N–H and O–H groups in total. The molecule has 0 radical (unpaired) electrons. The van der Waals surface area contributed by atoms with Crippen molar-refractivity contribution in [2.75, 3.05) is 18.5 Å². The number of nitrogens with one attached hydrogen (secondary N) is 2. The Balaban J connectivity index is 1.74. The van der Waals surface area contributed by atoms with E-state index in [0.29, 0.717) is 62.3 Å². The van der Waals surface area contributed by atoms with Crippen LogP contribution in [0.4, 0.5) is 21.8 Å². The Hall–Kier alpha value is -3.49. The number of primary amides is 1. The number of anilines is 2. The van der Waals surface area contributed by atoms with Gasteiger partial charge in [-0.15, -0.1) is 0 Å². The van der Waals surface area contributed by atoms with E-state index in [1.165, 1.54) is 6.07 Å². The molecule has 0 unspecified atom stereocenters. The van der Waals surface area contributed by atoms with Crippen molar-refractivity contribution in [3.8, 4) is 6.07 Å². The number of hydrogen-bond acceptors (Lipinski definition) is 6. The van der Waals surface area contributed by atoms with Crippen LogP contribution in [0, 0.1) is 29.5 Å². The van der Waals surface area contributed by atoms with Gasteiger partial charge in [0.05, 0.1) is 28.0 Å². The molecule has 1 saturated heterocycles. The highest BCUT2D eigenvalue weighted by Gasteiger charge is 2.38. The van der Waals surface area contributed by atoms with Crippen LogP contribution < -0.4 is 16.4 Å². The number of nitriles is 1. The second-order valence-corrected chi connectivity index (χ2v) is 10.5. The summed E-state index contributed by atoms with van der Waals surface area (Å²) in [4.78, 5) is 25.6. The van der Waals surface area contributed by atoms with Crippen LogP contribution in [0.15, 0.2) is 22.1 Å². The van der Waals surface area contributed by atoms with Crippen molar-refractivity contribution in [2.24, 2.45) is 21.1 Å². The number of carbonyl (C=O) groups is 1. The largest absolute Gasteiger partial charge is 0.381 e. The van der Waals surface area contributed by atoms with E-state index in [0.717, 1.165) is 18.9 Å². The van der Waals surface area contributed by atoms with Crippen molar-refractivity contribution in [1.29, 1.82) is 5.26 Å². The maximum atomic E-state index is 14.9. The Morgan fingerprint density at radius 1 is 1.34 bits per heavy atom. The molecule has 12 heteroatoms. The number of guanidine groups is 1. The van der Waals surface area contributed by atoms with E-state index in [9.17, 15) is 9.18 Å². The molecule has 1 saturated carbocycles. The number of aliphatic imine (C=N–C) groups is 2. The van der Waals surface area contributed by atoms with Crippen molar-refractivity contribution in [2.45, 2.75) is 64.5 Å². The van der Waals surface area contributed by atoms with Crippen molar-refractivity contribution in [3.05, 3.63) is 34.2 Å². The molecular formula is C26H32ClFN8O2. The summed E-state index contributed by atoms with van der Waals surface area (Å²) >= 11 is 6.32. The maximum absolute atomic E-state index is 14.9. The van der Waals surface area contributed by atoms with Gasteiger partial charge in [0.25, 0.3) is 0 Å². The summed E-state index contributed by atoms with van der Waals surface area (Å²) in [5.41, 5.74) is 5.79. The van der Waals surface area contributed by atoms with Gasteiger partial charge in [-0.3, -0.25) is 9.36 Å². The first kappa shape index (κ1) is 27.5. The van der Waals surface area contributed by atoms with E-state index >= 15 is 0 Å². The van der Waals surface area contributed by atoms with E-state index in [-0.39, 0.29) is 34.3 Å². The smallest absolute Gasteiger partial charge is 0.224 e. The lowest BCUT2D eigenvalue weighted by molar-refractivity contribution is -0.128. The van der Waals surface area contributed by atoms with Gasteiger partial charge in [0.2, 0.25) is 17.8 Å². The van der Waals surface area contributed by atoms with Gasteiger partial charge >= 0.3 is 0 Å². The molecule has 1 aliphatic heterocycles. The first-order chi connectivity index (χ1) is 18.1. The molecule has 10 nitrogen and oxygen atoms in total. The lowest BCUT2D eigenvalue weighted by atomic mass is 9.73. The van der Waals surface area contributed by atoms with Crippen molar-refractivity contribution in [3.63, 3.8) is 0 Å². The number of rotatable bonds is 6. The number of imidazole rings is 1. The van der Waals surface area contributed by atoms with Crippen LogP contribution in [0.5, 0.6) is 0 Å². The third-order valence-corrected chi connectivity index (χ3v) is 7.69. The Labute approximate surface area is 226 Å². The topological polar surface area (TPSA) is 143 Å². The number of aryl methyl sites for hydroxylation is 1. The van der Waals surface area contributed by atoms with Gasteiger partial charge in [0, 0.05) is 30.7 Å². The SMILES string of the molecule is C=N/C(=N\c1c(C)nc(Nc2c(F)cc(C#N)cc2Cl)n1[C@H]1CC[C@@](C)(C(N)=O)CC1)NC1CCOCC1. The molecule has 4 rings (SSSR count). The standard InChI is InChI=1S/C26H32ClFN8O2/c1-15-22(35-24(31-3)33-17-6-10-38-11-7-17)36(18-4-8-26(2,9-5-18)23(30)37)25(32-15)34-21-19(27)12-16(14-29)13-20(21)28/h12-13,17-18H,3-11H2,1-2H3,(H2,30,37)(H,32,34)(H,33,35)/t18-,26+. The van der Waals surface area contributed by atoms with E-state index in [1.54, 1.807) is 0 Å². The molecule has 2 fully saturated rings. The monoisotopic (exact) mass is 542 g/mol. The predicted molar refractivity (Wildman–Crippen MR) is 145 cm³/mol. The van der Waals surface area contributed by atoms with Crippen LogP contribution in [-0.4, -0.2) is 47.4 Å². The Morgan fingerprint density at radius 2 is 2.03 bits per heavy atom. The minimum Gasteiger partial charge on any atom is -0.381 e. The summed E-state index contributed by atoms with van der Waals surface area (Å²) in [6.45, 7) is 8.69. The van der Waals surface area contributed by atoms with Crippen LogP contribution in [0.1, 0.15) is 62.7 Å². The molecule has 202 valence electrons. The fraction of sp³-hybridized carbons (Fsp3) is 0.500. The van der Waals surface area contributed by atoms with Crippen molar-refractivity contribution < 1.29 is 13.9 Å². The van der Waals surface area contributed by atoms with Gasteiger partial charge in [-0.25, -0.2) is 14.4 Å². The Kier molecular flexibility index (Phi) is 8.33. The highest BCUT2D eigenvalue weighted by atomic mass is 35.5. The van der Waals surface area contributed by atoms with Crippen LogP contribution in [0.3, 0.4) is 0 Å². The number of ether oxygens (including phenoxy) is 1. The minimum absolute atomic E-state index is 0.00706. The van der Waals surface area contributed by atoms with E-state index in [1.807, 2.05) is 24.5 Å². The fourth-order valence-corrected chi connectivity index (χ4v) is 5.21. The number of aromatic nitrogens is 2. The van der Waals surface area contributed by atoms with Gasteiger partial charge in [0.1, 0.15) is 5.82 Å². The quantitative estimate of drug-likeness (QED) is 0.358. The van der Waals surface area contributed by atoms with Crippen LogP contribution >= 0.6 is 11.6 Å². The van der Waals surface area contributed by atoms with Crippen LogP contribution in [0.25, 0.3) is 0 Å². The summed E-state index contributed by atoms with van der Waals surface area (Å²) in [5, 5.41) is 15.6. The third kappa shape index (κ3) is 5.81. The summed E-state index contributed by atoms with van der Waals surface area (Å²) in [6.07, 6.45) is 4.10. The van der Waals surface area contributed by atoms with E-state index < -0.39 is 11.2 Å². The van der Waals surface area contributed by atoms with Crippen LogP contribution in [-0.2, 0) is 9.53 Å². The second-order valence-electron chi connectivity index (χ2n) is 10.0. The number of halogens is 2. The summed E-state index contributed by atoms with van der Waals surface area (Å²) in [5.74, 6) is 0.236. The van der Waals surface area contributed by atoms with Gasteiger partial charge in [-0.2, -0.15) is 10.3 Å². The maximum Gasteiger partial charge on any atom is 0.224 e. The molecule has 2 heterocycles. The lowest BCUT2D eigenvalue weighted by Gasteiger charge is -2.36. The third-order valence-electron chi connectivity index (χ3n) is 7.40. The molecule has 0 atom stereocenters. The molecule has 0 bridgehead atoms. The first-order valence-corrected chi connectivity index (χ1v) is 13.0. The summed E-state index contributed by atoms with van der Waals surface area (Å²) < 4.78 is 22.3. The van der Waals surface area contributed by atoms with Gasteiger partial charge in [0.15, 0.2) is 5.82 Å². The highest BCUT2D eigenvalue weighted by Crippen LogP contribution is 2.44. The zero-order valence-electron chi connectivity index (χ0n) is 21.6. The molecular weight excluding hydrogens is 511 g/mol. The van der Waals surface area contributed by atoms with Crippen LogP contribution in [0.2, 0.25) is 5.02 Å². The molecule has 1 amide bonds. The number of amides is 1. The molecule has 2 aromatic rings. The van der Waals surface area contributed by atoms with Gasteiger partial charge in [-0.05, 0) is 64.3 Å². The fourth-order valence-electron chi connectivity index (χ4n) is 4.96. The van der Waals surface area contributed by atoms with Gasteiger partial charge in [-0.1, -0.05) is 18.5 Å². The zero-order valence-corrected chi connectivity index (χ0v) is 22.3. The Morgan fingerprint density at radius 3 is 2.61 bits per heavy atom. The second kappa shape index (κ2) is 11.5. The minimum atomic E-state index is -0.675. The number of hydrogen-bond donors (Lipinski definition) is 3. The van der Waals surface area contributed by atoms with Gasteiger partial charge < -0.3 is 21.1 Å². The first-order valence-electron chi connectivity index (χ1n) is 12.6. The Bertz CT molecular complexity index is 1260. The molecule has 2 aliphatic rings. The summed E-state index contributed by atoms with van der Waals surface area (Å²) in [7, 11) is 0. The normalized spacial score (nSPS) is 22.5. The van der Waals surface area contributed by atoms with Crippen molar-refractivity contribution in [1.82, 2.24) is 14.9 Å². The average molecular weight is 543 g/mol. The molecule has 1 aromatic heterocycles. The molecule has 38 heavy (non-hydrogen) atoms. The lowest BCUT2D eigenvalue weighted by Crippen LogP contribution is -2.38. The average Bonchev–Trinajstić information content (AvgIpc) is 3.20.